The molecule has 5 heteroatoms. The van der Waals surface area contributed by atoms with Crippen molar-refractivity contribution in [2.24, 2.45) is 0 Å². The van der Waals surface area contributed by atoms with Gasteiger partial charge in [-0.2, -0.15) is 0 Å². The van der Waals surface area contributed by atoms with Gasteiger partial charge in [-0.3, -0.25) is 4.90 Å². The lowest BCUT2D eigenvalue weighted by molar-refractivity contribution is 0.216. The fourth-order valence-electron chi connectivity index (χ4n) is 2.94. The SMILES string of the molecule is CCN(Cc1csc2ccccc12)[C@H]1CCS(=O)(=O)C1. The summed E-state index contributed by atoms with van der Waals surface area (Å²) in [7, 11) is -2.81. The Morgan fingerprint density at radius 1 is 1.35 bits per heavy atom. The quantitative estimate of drug-likeness (QED) is 0.871. The third-order valence-electron chi connectivity index (χ3n) is 4.07. The van der Waals surface area contributed by atoms with Gasteiger partial charge in [-0.1, -0.05) is 25.1 Å². The molecule has 3 nitrogen and oxygen atoms in total. The molecule has 1 saturated heterocycles. The molecule has 0 spiro atoms. The van der Waals surface area contributed by atoms with Crippen LogP contribution in [0.4, 0.5) is 0 Å². The van der Waals surface area contributed by atoms with E-state index >= 15 is 0 Å². The first kappa shape index (κ1) is 14.0. The Kier molecular flexibility index (Phi) is 3.84. The molecule has 0 bridgehead atoms. The smallest absolute Gasteiger partial charge is 0.151 e. The van der Waals surface area contributed by atoms with Crippen LogP contribution in [0.2, 0.25) is 0 Å². The Morgan fingerprint density at radius 2 is 2.15 bits per heavy atom. The van der Waals surface area contributed by atoms with Crippen LogP contribution in [0.1, 0.15) is 18.9 Å². The summed E-state index contributed by atoms with van der Waals surface area (Å²) >= 11 is 1.76. The lowest BCUT2D eigenvalue weighted by Crippen LogP contribution is -2.35. The number of benzene rings is 1. The molecule has 20 heavy (non-hydrogen) atoms. The molecule has 108 valence electrons. The van der Waals surface area contributed by atoms with Gasteiger partial charge in [0.25, 0.3) is 0 Å². The molecule has 0 radical (unpaired) electrons. The maximum atomic E-state index is 11.7. The molecule has 0 aliphatic carbocycles. The zero-order valence-corrected chi connectivity index (χ0v) is 13.2. The fraction of sp³-hybridized carbons (Fsp3) is 0.467. The van der Waals surface area contributed by atoms with E-state index in [1.807, 2.05) is 0 Å². The minimum absolute atomic E-state index is 0.184. The van der Waals surface area contributed by atoms with Crippen LogP contribution in [0.3, 0.4) is 0 Å². The number of hydrogen-bond acceptors (Lipinski definition) is 4. The average Bonchev–Trinajstić information content (AvgIpc) is 2.99. The fourth-order valence-corrected chi connectivity index (χ4v) is 5.65. The van der Waals surface area contributed by atoms with Gasteiger partial charge in [-0.05, 0) is 35.4 Å². The van der Waals surface area contributed by atoms with Gasteiger partial charge in [0.1, 0.15) is 0 Å². The first-order chi connectivity index (χ1) is 9.59. The van der Waals surface area contributed by atoms with Gasteiger partial charge >= 0.3 is 0 Å². The molecule has 0 amide bonds. The molecule has 1 aromatic heterocycles. The lowest BCUT2D eigenvalue weighted by atomic mass is 10.1. The van der Waals surface area contributed by atoms with E-state index in [2.05, 4.69) is 41.5 Å². The summed E-state index contributed by atoms with van der Waals surface area (Å²) in [6, 6.07) is 8.60. The summed E-state index contributed by atoms with van der Waals surface area (Å²) in [5, 5.41) is 3.51. The highest BCUT2D eigenvalue weighted by Crippen LogP contribution is 2.28. The number of sulfone groups is 1. The number of nitrogens with zero attached hydrogens (tertiary/aromatic N) is 1. The highest BCUT2D eigenvalue weighted by atomic mass is 32.2. The summed E-state index contributed by atoms with van der Waals surface area (Å²) in [6.07, 6.45) is 0.776. The van der Waals surface area contributed by atoms with Gasteiger partial charge < -0.3 is 0 Å². The van der Waals surface area contributed by atoms with Crippen molar-refractivity contribution in [3.8, 4) is 0 Å². The molecule has 2 heterocycles. The van der Waals surface area contributed by atoms with Crippen molar-refractivity contribution in [2.45, 2.75) is 25.9 Å². The molecular formula is C15H19NO2S2. The Morgan fingerprint density at radius 3 is 2.85 bits per heavy atom. The van der Waals surface area contributed by atoms with E-state index in [1.165, 1.54) is 15.6 Å². The van der Waals surface area contributed by atoms with E-state index in [0.717, 1.165) is 19.5 Å². The van der Waals surface area contributed by atoms with Crippen LogP contribution in [-0.4, -0.2) is 37.4 Å². The van der Waals surface area contributed by atoms with Crippen LogP contribution in [0.25, 0.3) is 10.1 Å². The summed E-state index contributed by atoms with van der Waals surface area (Å²) < 4.78 is 24.6. The Labute approximate surface area is 124 Å². The molecule has 0 saturated carbocycles. The molecule has 1 aliphatic heterocycles. The molecule has 1 fully saturated rings. The predicted octanol–water partition coefficient (Wildman–Crippen LogP) is 2.91. The molecule has 1 aromatic carbocycles. The Bertz CT molecular complexity index is 705. The van der Waals surface area contributed by atoms with Crippen molar-refractivity contribution in [2.75, 3.05) is 18.1 Å². The van der Waals surface area contributed by atoms with Crippen LogP contribution in [0.15, 0.2) is 29.6 Å². The first-order valence-corrected chi connectivity index (χ1v) is 9.69. The molecule has 1 aliphatic rings. The number of fused-ring (bicyclic) bond motifs is 1. The molecule has 2 aromatic rings. The van der Waals surface area contributed by atoms with E-state index in [1.54, 1.807) is 11.3 Å². The third-order valence-corrected chi connectivity index (χ3v) is 6.83. The Balaban J connectivity index is 1.82. The second-order valence-corrected chi connectivity index (χ2v) is 8.52. The van der Waals surface area contributed by atoms with E-state index in [-0.39, 0.29) is 6.04 Å². The van der Waals surface area contributed by atoms with Crippen LogP contribution >= 0.6 is 11.3 Å². The monoisotopic (exact) mass is 309 g/mol. The highest BCUT2D eigenvalue weighted by molar-refractivity contribution is 7.91. The Hall–Kier alpha value is -0.910. The van der Waals surface area contributed by atoms with Gasteiger partial charge in [0.05, 0.1) is 11.5 Å². The van der Waals surface area contributed by atoms with Crippen LogP contribution < -0.4 is 0 Å². The van der Waals surface area contributed by atoms with Crippen molar-refractivity contribution in [1.29, 1.82) is 0 Å². The van der Waals surface area contributed by atoms with Crippen molar-refractivity contribution < 1.29 is 8.42 Å². The number of thiophene rings is 1. The third kappa shape index (κ3) is 2.75. The minimum atomic E-state index is -2.81. The van der Waals surface area contributed by atoms with Crippen LogP contribution in [0.5, 0.6) is 0 Å². The van der Waals surface area contributed by atoms with Gasteiger partial charge in [0, 0.05) is 17.3 Å². The number of rotatable bonds is 4. The summed E-state index contributed by atoms with van der Waals surface area (Å²) in [6.45, 7) is 3.85. The first-order valence-electron chi connectivity index (χ1n) is 6.98. The van der Waals surface area contributed by atoms with Crippen LogP contribution in [-0.2, 0) is 16.4 Å². The highest BCUT2D eigenvalue weighted by Gasteiger charge is 2.31. The zero-order chi connectivity index (χ0) is 14.2. The van der Waals surface area contributed by atoms with Crippen molar-refractivity contribution >= 4 is 31.3 Å². The van der Waals surface area contributed by atoms with E-state index < -0.39 is 9.84 Å². The van der Waals surface area contributed by atoms with Gasteiger partial charge in [-0.25, -0.2) is 8.42 Å². The molecular weight excluding hydrogens is 290 g/mol. The maximum absolute atomic E-state index is 11.7. The summed E-state index contributed by atoms with van der Waals surface area (Å²) in [5.74, 6) is 0.668. The normalized spacial score (nSPS) is 21.8. The van der Waals surface area contributed by atoms with E-state index in [0.29, 0.717) is 11.5 Å². The van der Waals surface area contributed by atoms with E-state index in [9.17, 15) is 8.42 Å². The second kappa shape index (κ2) is 5.47. The van der Waals surface area contributed by atoms with Crippen molar-refractivity contribution in [3.63, 3.8) is 0 Å². The van der Waals surface area contributed by atoms with Gasteiger partial charge in [0.2, 0.25) is 0 Å². The largest absolute Gasteiger partial charge is 0.295 e. The molecule has 1 atom stereocenters. The molecule has 3 rings (SSSR count). The molecule has 0 unspecified atom stereocenters. The minimum Gasteiger partial charge on any atom is -0.295 e. The molecule has 0 N–H and O–H groups in total. The summed E-state index contributed by atoms with van der Waals surface area (Å²) in [4.78, 5) is 2.30. The maximum Gasteiger partial charge on any atom is 0.151 e. The summed E-state index contributed by atoms with van der Waals surface area (Å²) in [5.41, 5.74) is 1.32. The van der Waals surface area contributed by atoms with Crippen molar-refractivity contribution in [1.82, 2.24) is 4.90 Å². The lowest BCUT2D eigenvalue weighted by Gasteiger charge is -2.26. The number of hydrogen-bond donors (Lipinski definition) is 0. The zero-order valence-electron chi connectivity index (χ0n) is 11.6. The van der Waals surface area contributed by atoms with Crippen molar-refractivity contribution in [3.05, 3.63) is 35.2 Å². The van der Waals surface area contributed by atoms with Crippen LogP contribution in [0, 0.1) is 0 Å². The standard InChI is InChI=1S/C15H19NO2S2/c1-2-16(13-7-8-20(17,18)11-13)9-12-10-19-15-6-4-3-5-14(12)15/h3-6,10,13H,2,7-9,11H2,1H3/t13-/m0/s1. The average molecular weight is 309 g/mol. The predicted molar refractivity (Wildman–Crippen MR) is 85.0 cm³/mol. The van der Waals surface area contributed by atoms with Gasteiger partial charge in [0.15, 0.2) is 9.84 Å². The topological polar surface area (TPSA) is 37.4 Å². The van der Waals surface area contributed by atoms with Gasteiger partial charge in [-0.15, -0.1) is 11.3 Å². The second-order valence-electron chi connectivity index (χ2n) is 5.38. The van der Waals surface area contributed by atoms with E-state index in [4.69, 9.17) is 0 Å².